The van der Waals surface area contributed by atoms with Crippen LogP contribution in [-0.4, -0.2) is 36.6 Å². The largest absolute Gasteiger partial charge is 0.299 e. The fraction of sp³-hybridized carbons (Fsp3) is 0.939. The number of carbonyl (C=O) groups excluding carboxylic acids is 2. The average molecular weight is 508 g/mol. The molecule has 0 spiro atoms. The quantitative estimate of drug-likeness (QED) is 0.0988. The molecule has 0 saturated carbocycles. The lowest BCUT2D eigenvalue weighted by Gasteiger charge is -2.28. The summed E-state index contributed by atoms with van der Waals surface area (Å²) in [4.78, 5) is 27.8. The van der Waals surface area contributed by atoms with Crippen LogP contribution in [0.5, 0.6) is 0 Å². The van der Waals surface area contributed by atoms with E-state index in [2.05, 4.69) is 13.8 Å². The highest BCUT2D eigenvalue weighted by Crippen LogP contribution is 2.19. The summed E-state index contributed by atoms with van der Waals surface area (Å²) in [6.07, 6.45) is 29.7. The third-order valence-corrected chi connectivity index (χ3v) is 7.92. The molecular formula is C33H65NO2. The Bertz CT molecular complexity index is 502. The van der Waals surface area contributed by atoms with Gasteiger partial charge in [0.25, 0.3) is 0 Å². The molecule has 0 aromatic heterocycles. The number of likely N-dealkylation sites (N-methyl/N-ethyl adjacent to an activating group) is 1. The average Bonchev–Trinajstić information content (AvgIpc) is 2.85. The van der Waals surface area contributed by atoms with Crippen molar-refractivity contribution in [3.05, 3.63) is 0 Å². The Morgan fingerprint density at radius 2 is 0.750 bits per heavy atom. The van der Waals surface area contributed by atoms with Crippen LogP contribution in [0.2, 0.25) is 0 Å². The zero-order chi connectivity index (χ0) is 26.9. The predicted octanol–water partition coefficient (Wildman–Crippen LogP) is 10.1. The SMILES string of the molecule is CCCCCCCCCCCCCC(=O)C(C)[C@@H](C(=O)CCCCCCCCCCCCC)N(C)C. The molecule has 0 N–H and O–H groups in total. The number of Topliss-reactive ketones (excluding diaryl/α,β-unsaturated/α-hetero) is 2. The van der Waals surface area contributed by atoms with Crippen LogP contribution in [0.4, 0.5) is 0 Å². The molecule has 1 unspecified atom stereocenters. The van der Waals surface area contributed by atoms with Gasteiger partial charge in [-0.05, 0) is 26.9 Å². The van der Waals surface area contributed by atoms with Gasteiger partial charge in [0, 0.05) is 18.8 Å². The molecule has 0 fully saturated rings. The van der Waals surface area contributed by atoms with Crippen molar-refractivity contribution < 1.29 is 9.59 Å². The van der Waals surface area contributed by atoms with Crippen LogP contribution in [0.1, 0.15) is 175 Å². The monoisotopic (exact) mass is 508 g/mol. The van der Waals surface area contributed by atoms with Gasteiger partial charge in [-0.1, -0.05) is 149 Å². The van der Waals surface area contributed by atoms with Crippen molar-refractivity contribution in [3.8, 4) is 0 Å². The normalized spacial score (nSPS) is 13.3. The van der Waals surface area contributed by atoms with E-state index in [1.54, 1.807) is 0 Å². The molecule has 0 aliphatic rings. The summed E-state index contributed by atoms with van der Waals surface area (Å²) in [7, 11) is 3.91. The van der Waals surface area contributed by atoms with Crippen molar-refractivity contribution in [1.82, 2.24) is 4.90 Å². The predicted molar refractivity (Wildman–Crippen MR) is 159 cm³/mol. The number of unbranched alkanes of at least 4 members (excludes halogenated alkanes) is 20. The summed E-state index contributed by atoms with van der Waals surface area (Å²) >= 11 is 0. The maximum absolute atomic E-state index is 13.0. The third kappa shape index (κ3) is 20.4. The van der Waals surface area contributed by atoms with Crippen LogP contribution < -0.4 is 0 Å². The number of hydrogen-bond donors (Lipinski definition) is 0. The zero-order valence-corrected chi connectivity index (χ0v) is 25.4. The Balaban J connectivity index is 3.92. The van der Waals surface area contributed by atoms with Crippen LogP contribution >= 0.6 is 0 Å². The minimum atomic E-state index is -0.256. The molecule has 0 aliphatic heterocycles. The summed E-state index contributed by atoms with van der Waals surface area (Å²) in [6, 6.07) is -0.256. The molecule has 3 heteroatoms. The highest BCUT2D eigenvalue weighted by Gasteiger charge is 2.30. The van der Waals surface area contributed by atoms with Gasteiger partial charge < -0.3 is 0 Å². The maximum atomic E-state index is 13.0. The Labute approximate surface area is 227 Å². The molecule has 0 bridgehead atoms. The fourth-order valence-electron chi connectivity index (χ4n) is 5.49. The second-order valence-corrected chi connectivity index (χ2v) is 11.7. The molecule has 0 aromatic carbocycles. The molecule has 2 atom stereocenters. The minimum Gasteiger partial charge on any atom is -0.299 e. The Morgan fingerprint density at radius 1 is 0.472 bits per heavy atom. The molecule has 36 heavy (non-hydrogen) atoms. The third-order valence-electron chi connectivity index (χ3n) is 7.92. The first kappa shape index (κ1) is 35.3. The van der Waals surface area contributed by atoms with Gasteiger partial charge in [-0.25, -0.2) is 0 Å². The number of nitrogens with zero attached hydrogens (tertiary/aromatic N) is 1. The number of hydrogen-bond acceptors (Lipinski definition) is 3. The Morgan fingerprint density at radius 3 is 1.06 bits per heavy atom. The lowest BCUT2D eigenvalue weighted by molar-refractivity contribution is -0.132. The van der Waals surface area contributed by atoms with Gasteiger partial charge >= 0.3 is 0 Å². The van der Waals surface area contributed by atoms with E-state index in [0.717, 1.165) is 25.7 Å². The van der Waals surface area contributed by atoms with Gasteiger partial charge in [0.2, 0.25) is 0 Å². The molecule has 0 aromatic rings. The Hall–Kier alpha value is -0.700. The zero-order valence-electron chi connectivity index (χ0n) is 25.4. The van der Waals surface area contributed by atoms with Crippen molar-refractivity contribution in [3.63, 3.8) is 0 Å². The van der Waals surface area contributed by atoms with E-state index >= 15 is 0 Å². The van der Waals surface area contributed by atoms with Crippen LogP contribution in [0.25, 0.3) is 0 Å². The first-order chi connectivity index (χ1) is 17.5. The standard InChI is InChI=1S/C33H65NO2/c1-6-8-10-12-14-16-18-20-22-24-26-28-31(35)30(3)33(34(4)5)32(36)29-27-25-23-21-19-17-15-13-11-9-7-2/h30,33H,6-29H2,1-5H3/t30?,33-/m0/s1. The molecule has 0 saturated heterocycles. The number of ketones is 2. The van der Waals surface area contributed by atoms with Crippen molar-refractivity contribution in [1.29, 1.82) is 0 Å². The topological polar surface area (TPSA) is 37.4 Å². The Kier molecular flexibility index (Phi) is 25.4. The molecule has 0 amide bonds. The van der Waals surface area contributed by atoms with Gasteiger partial charge in [0.15, 0.2) is 5.78 Å². The number of carbonyl (C=O) groups is 2. The lowest BCUT2D eigenvalue weighted by atomic mass is 9.88. The van der Waals surface area contributed by atoms with Crippen LogP contribution in [-0.2, 0) is 9.59 Å². The number of rotatable bonds is 28. The summed E-state index contributed by atoms with van der Waals surface area (Å²) in [5.41, 5.74) is 0. The molecule has 3 nitrogen and oxygen atoms in total. The summed E-state index contributed by atoms with van der Waals surface area (Å²) in [5.74, 6) is 0.343. The van der Waals surface area contributed by atoms with Crippen molar-refractivity contribution in [2.24, 2.45) is 5.92 Å². The summed E-state index contributed by atoms with van der Waals surface area (Å²) < 4.78 is 0. The van der Waals surface area contributed by atoms with E-state index in [-0.39, 0.29) is 23.5 Å². The lowest BCUT2D eigenvalue weighted by Crippen LogP contribution is -2.44. The highest BCUT2D eigenvalue weighted by atomic mass is 16.1. The smallest absolute Gasteiger partial charge is 0.150 e. The first-order valence-electron chi connectivity index (χ1n) is 16.2. The van der Waals surface area contributed by atoms with Gasteiger partial charge in [0.05, 0.1) is 6.04 Å². The first-order valence-corrected chi connectivity index (χ1v) is 16.2. The molecule has 0 heterocycles. The second-order valence-electron chi connectivity index (χ2n) is 11.7. The molecule has 0 radical (unpaired) electrons. The fourth-order valence-corrected chi connectivity index (χ4v) is 5.49. The van der Waals surface area contributed by atoms with Crippen LogP contribution in [0.15, 0.2) is 0 Å². The van der Waals surface area contributed by atoms with E-state index in [1.165, 1.54) is 116 Å². The van der Waals surface area contributed by atoms with Crippen molar-refractivity contribution in [2.45, 2.75) is 181 Å². The minimum absolute atomic E-state index is 0.191. The van der Waals surface area contributed by atoms with Crippen molar-refractivity contribution in [2.75, 3.05) is 14.1 Å². The molecule has 214 valence electrons. The van der Waals surface area contributed by atoms with Crippen LogP contribution in [0.3, 0.4) is 0 Å². The van der Waals surface area contributed by atoms with E-state index in [9.17, 15) is 9.59 Å². The van der Waals surface area contributed by atoms with Gasteiger partial charge in [-0.15, -0.1) is 0 Å². The van der Waals surface area contributed by atoms with Crippen LogP contribution in [0, 0.1) is 5.92 Å². The molecular weight excluding hydrogens is 442 g/mol. The van der Waals surface area contributed by atoms with E-state index in [4.69, 9.17) is 0 Å². The van der Waals surface area contributed by atoms with Crippen molar-refractivity contribution >= 4 is 11.6 Å². The molecule has 0 rings (SSSR count). The summed E-state index contributed by atoms with van der Waals surface area (Å²) in [6.45, 7) is 6.51. The van der Waals surface area contributed by atoms with E-state index < -0.39 is 0 Å². The highest BCUT2D eigenvalue weighted by molar-refractivity contribution is 5.91. The van der Waals surface area contributed by atoms with Gasteiger partial charge in [0.1, 0.15) is 5.78 Å². The maximum Gasteiger partial charge on any atom is 0.150 e. The molecule has 0 aliphatic carbocycles. The van der Waals surface area contributed by atoms with E-state index in [0.29, 0.717) is 12.8 Å². The van der Waals surface area contributed by atoms with Gasteiger partial charge in [-0.2, -0.15) is 0 Å². The van der Waals surface area contributed by atoms with Gasteiger partial charge in [-0.3, -0.25) is 14.5 Å². The second kappa shape index (κ2) is 25.9. The van der Waals surface area contributed by atoms with E-state index in [1.807, 2.05) is 25.9 Å². The summed E-state index contributed by atoms with van der Waals surface area (Å²) in [5, 5.41) is 0.